The maximum absolute atomic E-state index is 12.6. The third-order valence-corrected chi connectivity index (χ3v) is 6.31. The van der Waals surface area contributed by atoms with Crippen LogP contribution in [0.5, 0.6) is 5.75 Å². The zero-order chi connectivity index (χ0) is 20.4. The molecule has 8 heteroatoms. The monoisotopic (exact) mass is 418 g/mol. The van der Waals surface area contributed by atoms with Gasteiger partial charge in [-0.3, -0.25) is 9.36 Å². The van der Waals surface area contributed by atoms with Gasteiger partial charge in [0.25, 0.3) is 5.91 Å². The second-order valence-electron chi connectivity index (χ2n) is 7.97. The van der Waals surface area contributed by atoms with E-state index in [4.69, 9.17) is 16.3 Å². The van der Waals surface area contributed by atoms with Crippen molar-refractivity contribution in [3.63, 3.8) is 0 Å². The molecule has 29 heavy (non-hydrogen) atoms. The molecule has 7 nitrogen and oxygen atoms in total. The summed E-state index contributed by atoms with van der Waals surface area (Å²) in [5.74, 6) is 1.72. The van der Waals surface area contributed by atoms with Crippen LogP contribution in [0, 0.1) is 0 Å². The Bertz CT molecular complexity index is 907. The molecule has 0 spiro atoms. The Labute approximate surface area is 175 Å². The van der Waals surface area contributed by atoms with Crippen molar-refractivity contribution >= 4 is 17.5 Å². The fourth-order valence-electron chi connectivity index (χ4n) is 4.44. The fraction of sp³-hybridized carbons (Fsp3) is 0.571. The van der Waals surface area contributed by atoms with E-state index in [0.717, 1.165) is 31.5 Å². The van der Waals surface area contributed by atoms with Crippen molar-refractivity contribution in [1.29, 1.82) is 0 Å². The minimum absolute atomic E-state index is 0.0122. The summed E-state index contributed by atoms with van der Waals surface area (Å²) in [5, 5.41) is 5.20. The molecule has 0 radical (unpaired) electrons. The van der Waals surface area contributed by atoms with Gasteiger partial charge in [0.15, 0.2) is 6.61 Å². The highest BCUT2D eigenvalue weighted by atomic mass is 35.5. The van der Waals surface area contributed by atoms with Crippen LogP contribution in [0.15, 0.2) is 29.1 Å². The summed E-state index contributed by atoms with van der Waals surface area (Å²) in [4.78, 5) is 27.0. The number of hydrogen-bond acceptors (Lipinski definition) is 4. The molecule has 1 aliphatic carbocycles. The molecule has 0 N–H and O–H groups in total. The largest absolute Gasteiger partial charge is 0.484 e. The van der Waals surface area contributed by atoms with Crippen LogP contribution in [0.2, 0.25) is 5.02 Å². The first-order valence-corrected chi connectivity index (χ1v) is 10.7. The van der Waals surface area contributed by atoms with Gasteiger partial charge >= 0.3 is 5.69 Å². The van der Waals surface area contributed by atoms with E-state index < -0.39 is 0 Å². The Hall–Kier alpha value is -2.28. The first-order chi connectivity index (χ1) is 14.0. The minimum atomic E-state index is -0.0207. The van der Waals surface area contributed by atoms with Gasteiger partial charge in [-0.1, -0.05) is 24.4 Å². The zero-order valence-electron chi connectivity index (χ0n) is 16.7. The van der Waals surface area contributed by atoms with Gasteiger partial charge in [-0.2, -0.15) is 5.10 Å². The predicted molar refractivity (Wildman–Crippen MR) is 110 cm³/mol. The number of carbonyl (C=O) groups is 1. The summed E-state index contributed by atoms with van der Waals surface area (Å²) in [6.07, 6.45) is 6.08. The quantitative estimate of drug-likeness (QED) is 0.748. The number of hydrogen-bond donors (Lipinski definition) is 0. The van der Waals surface area contributed by atoms with Crippen LogP contribution in [0.4, 0.5) is 0 Å². The van der Waals surface area contributed by atoms with Crippen molar-refractivity contribution in [3.8, 4) is 5.75 Å². The molecule has 2 aromatic rings. The third-order valence-electron chi connectivity index (χ3n) is 6.06. The number of aryl methyl sites for hydroxylation is 1. The Morgan fingerprint density at radius 2 is 1.79 bits per heavy atom. The van der Waals surface area contributed by atoms with E-state index in [0.29, 0.717) is 23.9 Å². The van der Waals surface area contributed by atoms with Crippen molar-refractivity contribution in [1.82, 2.24) is 19.2 Å². The summed E-state index contributed by atoms with van der Waals surface area (Å²) < 4.78 is 8.97. The summed E-state index contributed by atoms with van der Waals surface area (Å²) in [6.45, 7) is 1.33. The van der Waals surface area contributed by atoms with E-state index in [1.54, 1.807) is 31.3 Å². The molecule has 0 unspecified atom stereocenters. The number of amides is 1. The molecule has 2 aliphatic rings. The standard InChI is InChI=1S/C21H27ClN4O3/c1-24-21(28)26(17-4-2-3-5-17)20(23-24)15-10-12-25(13-11-15)19(27)14-29-18-8-6-16(22)7-9-18/h6-9,15,17H,2-5,10-14H2,1H3. The second-order valence-corrected chi connectivity index (χ2v) is 8.41. The Balaban J connectivity index is 1.36. The molecule has 2 heterocycles. The van der Waals surface area contributed by atoms with Crippen LogP contribution in [-0.2, 0) is 11.8 Å². The lowest BCUT2D eigenvalue weighted by molar-refractivity contribution is -0.134. The number of aromatic nitrogens is 3. The van der Waals surface area contributed by atoms with Crippen LogP contribution >= 0.6 is 11.6 Å². The average molecular weight is 419 g/mol. The highest BCUT2D eigenvalue weighted by molar-refractivity contribution is 6.30. The summed E-state index contributed by atoms with van der Waals surface area (Å²) in [5.41, 5.74) is -0.0122. The molecular weight excluding hydrogens is 392 g/mol. The molecule has 0 atom stereocenters. The molecule has 1 aromatic heterocycles. The average Bonchev–Trinajstić information content (AvgIpc) is 3.36. The van der Waals surface area contributed by atoms with Crippen molar-refractivity contribution in [3.05, 3.63) is 45.6 Å². The lowest BCUT2D eigenvalue weighted by atomic mass is 9.95. The summed E-state index contributed by atoms with van der Waals surface area (Å²) in [7, 11) is 1.73. The number of rotatable bonds is 5. The van der Waals surface area contributed by atoms with Gasteiger partial charge in [-0.15, -0.1) is 0 Å². The van der Waals surface area contributed by atoms with Crippen LogP contribution in [0.3, 0.4) is 0 Å². The van der Waals surface area contributed by atoms with Gasteiger partial charge in [0.05, 0.1) is 0 Å². The zero-order valence-corrected chi connectivity index (χ0v) is 17.5. The van der Waals surface area contributed by atoms with Crippen molar-refractivity contribution in [2.75, 3.05) is 19.7 Å². The Morgan fingerprint density at radius 3 is 2.45 bits per heavy atom. The lowest BCUT2D eigenvalue weighted by Crippen LogP contribution is -2.41. The van der Waals surface area contributed by atoms with Gasteiger partial charge in [0.1, 0.15) is 11.6 Å². The molecule has 1 saturated heterocycles. The Kier molecular flexibility index (Phi) is 5.94. The predicted octanol–water partition coefficient (Wildman–Crippen LogP) is 3.14. The van der Waals surface area contributed by atoms with E-state index in [-0.39, 0.29) is 30.2 Å². The molecule has 1 aromatic carbocycles. The van der Waals surface area contributed by atoms with E-state index in [1.807, 2.05) is 9.47 Å². The lowest BCUT2D eigenvalue weighted by Gasteiger charge is -2.32. The van der Waals surface area contributed by atoms with E-state index in [2.05, 4.69) is 5.10 Å². The summed E-state index contributed by atoms with van der Waals surface area (Å²) >= 11 is 5.87. The number of benzene rings is 1. The first-order valence-electron chi connectivity index (χ1n) is 10.3. The van der Waals surface area contributed by atoms with Crippen molar-refractivity contribution in [2.45, 2.75) is 50.5 Å². The molecule has 156 valence electrons. The van der Waals surface area contributed by atoms with Crippen LogP contribution in [0.25, 0.3) is 0 Å². The number of halogens is 1. The number of ether oxygens (including phenoxy) is 1. The van der Waals surface area contributed by atoms with Gasteiger partial charge in [-0.25, -0.2) is 9.48 Å². The first kappa shape index (κ1) is 20.0. The molecule has 2 fully saturated rings. The van der Waals surface area contributed by atoms with E-state index >= 15 is 0 Å². The molecule has 1 saturated carbocycles. The number of carbonyl (C=O) groups excluding carboxylic acids is 1. The van der Waals surface area contributed by atoms with Gasteiger partial charge in [0.2, 0.25) is 0 Å². The number of nitrogens with zero attached hydrogens (tertiary/aromatic N) is 4. The summed E-state index contributed by atoms with van der Waals surface area (Å²) in [6, 6.07) is 7.27. The minimum Gasteiger partial charge on any atom is -0.484 e. The van der Waals surface area contributed by atoms with Crippen LogP contribution < -0.4 is 10.4 Å². The van der Waals surface area contributed by atoms with Crippen molar-refractivity contribution < 1.29 is 9.53 Å². The van der Waals surface area contributed by atoms with Gasteiger partial charge in [0, 0.05) is 37.1 Å². The maximum Gasteiger partial charge on any atom is 0.345 e. The maximum atomic E-state index is 12.6. The normalized spacial score (nSPS) is 18.3. The van der Waals surface area contributed by atoms with Gasteiger partial charge in [-0.05, 0) is 49.9 Å². The van der Waals surface area contributed by atoms with E-state index in [1.165, 1.54) is 17.5 Å². The third kappa shape index (κ3) is 4.34. The smallest absolute Gasteiger partial charge is 0.345 e. The number of piperidine rings is 1. The second kappa shape index (κ2) is 8.61. The molecule has 4 rings (SSSR count). The molecule has 0 bridgehead atoms. The van der Waals surface area contributed by atoms with Crippen LogP contribution in [-0.4, -0.2) is 44.9 Å². The number of likely N-dealkylation sites (tertiary alicyclic amines) is 1. The van der Waals surface area contributed by atoms with Crippen molar-refractivity contribution in [2.24, 2.45) is 7.05 Å². The fourth-order valence-corrected chi connectivity index (χ4v) is 4.56. The topological polar surface area (TPSA) is 69.4 Å². The van der Waals surface area contributed by atoms with Crippen LogP contribution in [0.1, 0.15) is 56.3 Å². The van der Waals surface area contributed by atoms with Gasteiger partial charge < -0.3 is 9.64 Å². The molecule has 1 amide bonds. The Morgan fingerprint density at radius 1 is 1.14 bits per heavy atom. The highest BCUT2D eigenvalue weighted by Crippen LogP contribution is 2.33. The molecular formula is C21H27ClN4O3. The highest BCUT2D eigenvalue weighted by Gasteiger charge is 2.31. The SMILES string of the molecule is Cn1nc(C2CCN(C(=O)COc3ccc(Cl)cc3)CC2)n(C2CCCC2)c1=O. The molecule has 1 aliphatic heterocycles. The van der Waals surface area contributed by atoms with E-state index in [9.17, 15) is 9.59 Å².